The minimum absolute atomic E-state index is 0.614. The minimum atomic E-state index is 0.614. The van der Waals surface area contributed by atoms with E-state index in [1.165, 1.54) is 11.1 Å². The van der Waals surface area contributed by atoms with E-state index < -0.39 is 0 Å². The molecule has 0 saturated heterocycles. The molecule has 0 aliphatic carbocycles. The first-order chi connectivity index (χ1) is 8.49. The Bertz CT molecular complexity index is 593. The van der Waals surface area contributed by atoms with Crippen molar-refractivity contribution < 1.29 is 4.74 Å². The summed E-state index contributed by atoms with van der Waals surface area (Å²) >= 11 is 3.51. The number of hydrogen-bond acceptors (Lipinski definition) is 2. The molecule has 1 aromatic carbocycles. The van der Waals surface area contributed by atoms with E-state index in [9.17, 15) is 0 Å². The highest BCUT2D eigenvalue weighted by molar-refractivity contribution is 9.10. The summed E-state index contributed by atoms with van der Waals surface area (Å²) in [5.41, 5.74) is 4.68. The number of ether oxygens (including phenoxy) is 1. The highest BCUT2D eigenvalue weighted by Gasteiger charge is 2.10. The fraction of sp³-hybridized carbons (Fsp3) is 0.267. The number of rotatable bonds is 2. The zero-order chi connectivity index (χ0) is 13.3. The molecule has 2 rings (SSSR count). The van der Waals surface area contributed by atoms with Gasteiger partial charge in [-0.2, -0.15) is 0 Å². The highest BCUT2D eigenvalue weighted by atomic mass is 79.9. The van der Waals surface area contributed by atoms with Gasteiger partial charge in [-0.25, -0.2) is 4.98 Å². The van der Waals surface area contributed by atoms with Crippen LogP contribution in [-0.2, 0) is 0 Å². The summed E-state index contributed by atoms with van der Waals surface area (Å²) in [6.45, 7) is 8.24. The molecule has 3 heteroatoms. The molecule has 0 radical (unpaired) electrons. The smallest absolute Gasteiger partial charge is 0.233 e. The van der Waals surface area contributed by atoms with E-state index in [2.05, 4.69) is 47.8 Å². The average Bonchev–Trinajstić information content (AvgIpc) is 2.31. The number of nitrogens with zero attached hydrogens (tertiary/aromatic N) is 1. The number of hydrogen-bond donors (Lipinski definition) is 0. The van der Waals surface area contributed by atoms with Crippen molar-refractivity contribution in [2.75, 3.05) is 0 Å². The van der Waals surface area contributed by atoms with E-state index in [0.717, 1.165) is 21.3 Å². The molecule has 0 fully saturated rings. The first-order valence-corrected chi connectivity index (χ1v) is 6.65. The van der Waals surface area contributed by atoms with Crippen LogP contribution in [0.15, 0.2) is 28.9 Å². The van der Waals surface area contributed by atoms with Crippen LogP contribution in [0.25, 0.3) is 0 Å². The third kappa shape index (κ3) is 2.56. The lowest BCUT2D eigenvalue weighted by Crippen LogP contribution is -1.95. The normalized spacial score (nSPS) is 10.5. The molecular weight excluding hydrogens is 290 g/mol. The maximum absolute atomic E-state index is 5.92. The molecule has 0 amide bonds. The fourth-order valence-corrected chi connectivity index (χ4v) is 2.11. The molecule has 0 aliphatic heterocycles. The topological polar surface area (TPSA) is 22.1 Å². The van der Waals surface area contributed by atoms with E-state index in [0.29, 0.717) is 5.88 Å². The zero-order valence-corrected chi connectivity index (χ0v) is 12.6. The number of aromatic nitrogens is 1. The van der Waals surface area contributed by atoms with Crippen LogP contribution in [-0.4, -0.2) is 4.98 Å². The maximum Gasteiger partial charge on any atom is 0.233 e. The van der Waals surface area contributed by atoms with Crippen molar-refractivity contribution in [3.63, 3.8) is 0 Å². The van der Waals surface area contributed by atoms with Gasteiger partial charge in [0.05, 0.1) is 4.47 Å². The molecule has 0 aliphatic rings. The van der Waals surface area contributed by atoms with E-state index >= 15 is 0 Å². The van der Waals surface area contributed by atoms with Crippen molar-refractivity contribution in [2.24, 2.45) is 0 Å². The van der Waals surface area contributed by atoms with Gasteiger partial charge in [0, 0.05) is 6.20 Å². The molecule has 18 heavy (non-hydrogen) atoms. The predicted molar refractivity (Wildman–Crippen MR) is 77.4 cm³/mol. The second kappa shape index (κ2) is 5.11. The Labute approximate surface area is 116 Å². The summed E-state index contributed by atoms with van der Waals surface area (Å²) in [5.74, 6) is 1.48. The molecule has 0 N–H and O–H groups in total. The molecule has 1 aromatic heterocycles. The van der Waals surface area contributed by atoms with E-state index in [1.54, 1.807) is 6.20 Å². The van der Waals surface area contributed by atoms with Crippen LogP contribution in [0.4, 0.5) is 0 Å². The molecule has 2 nitrogen and oxygen atoms in total. The van der Waals surface area contributed by atoms with Gasteiger partial charge in [-0.15, -0.1) is 0 Å². The zero-order valence-electron chi connectivity index (χ0n) is 11.0. The summed E-state index contributed by atoms with van der Waals surface area (Å²) < 4.78 is 6.83. The minimum Gasteiger partial charge on any atom is -0.438 e. The van der Waals surface area contributed by atoms with Gasteiger partial charge < -0.3 is 4.74 Å². The van der Waals surface area contributed by atoms with Crippen LogP contribution in [0.5, 0.6) is 11.6 Å². The van der Waals surface area contributed by atoms with Crippen molar-refractivity contribution in [1.82, 2.24) is 4.98 Å². The summed E-state index contributed by atoms with van der Waals surface area (Å²) in [5, 5.41) is 0. The highest BCUT2D eigenvalue weighted by Crippen LogP contribution is 2.32. The van der Waals surface area contributed by atoms with Crippen molar-refractivity contribution in [2.45, 2.75) is 27.7 Å². The first kappa shape index (κ1) is 13.1. The summed E-state index contributed by atoms with van der Waals surface area (Å²) in [6.07, 6.45) is 1.76. The van der Waals surface area contributed by atoms with Crippen LogP contribution in [0, 0.1) is 27.7 Å². The second-order valence-corrected chi connectivity index (χ2v) is 5.35. The van der Waals surface area contributed by atoms with Gasteiger partial charge in [0.15, 0.2) is 0 Å². The van der Waals surface area contributed by atoms with Crippen molar-refractivity contribution in [1.29, 1.82) is 0 Å². The number of aryl methyl sites for hydroxylation is 3. The Balaban J connectivity index is 2.43. The fourth-order valence-electron chi connectivity index (χ4n) is 1.80. The van der Waals surface area contributed by atoms with Crippen molar-refractivity contribution in [3.05, 3.63) is 51.1 Å². The molecule has 2 aromatic rings. The van der Waals surface area contributed by atoms with Gasteiger partial charge >= 0.3 is 0 Å². The van der Waals surface area contributed by atoms with Crippen LogP contribution in [0.3, 0.4) is 0 Å². The Kier molecular flexibility index (Phi) is 3.71. The van der Waals surface area contributed by atoms with E-state index in [4.69, 9.17) is 4.74 Å². The van der Waals surface area contributed by atoms with Gasteiger partial charge in [0.25, 0.3) is 0 Å². The monoisotopic (exact) mass is 305 g/mol. The van der Waals surface area contributed by atoms with Gasteiger partial charge in [-0.1, -0.05) is 6.07 Å². The SMILES string of the molecule is Cc1cc(C)c(C)c(Oc2nccc(C)c2Br)c1. The van der Waals surface area contributed by atoms with Crippen LogP contribution >= 0.6 is 15.9 Å². The van der Waals surface area contributed by atoms with E-state index in [1.807, 2.05) is 19.1 Å². The molecule has 94 valence electrons. The van der Waals surface area contributed by atoms with Crippen LogP contribution in [0.2, 0.25) is 0 Å². The number of benzene rings is 1. The lowest BCUT2D eigenvalue weighted by atomic mass is 10.1. The molecule has 1 heterocycles. The standard InChI is InChI=1S/C15H16BrNO/c1-9-7-11(3)12(4)13(8-9)18-15-14(16)10(2)5-6-17-15/h5-8H,1-4H3. The van der Waals surface area contributed by atoms with Crippen molar-refractivity contribution in [3.8, 4) is 11.6 Å². The van der Waals surface area contributed by atoms with E-state index in [-0.39, 0.29) is 0 Å². The molecule has 0 atom stereocenters. The molecule has 0 unspecified atom stereocenters. The second-order valence-electron chi connectivity index (χ2n) is 4.55. The molecule has 0 bridgehead atoms. The largest absolute Gasteiger partial charge is 0.438 e. The van der Waals surface area contributed by atoms with Crippen LogP contribution in [0.1, 0.15) is 22.3 Å². The summed E-state index contributed by atoms with van der Waals surface area (Å²) in [6, 6.07) is 6.14. The molecule has 0 spiro atoms. The Morgan fingerprint density at radius 2 is 1.78 bits per heavy atom. The Morgan fingerprint density at radius 1 is 1.06 bits per heavy atom. The quantitative estimate of drug-likeness (QED) is 0.789. The first-order valence-electron chi connectivity index (χ1n) is 5.86. The Hall–Kier alpha value is -1.35. The third-order valence-electron chi connectivity index (χ3n) is 3.02. The predicted octanol–water partition coefficient (Wildman–Crippen LogP) is 4.87. The summed E-state index contributed by atoms with van der Waals surface area (Å²) in [4.78, 5) is 4.27. The average molecular weight is 306 g/mol. The molecular formula is C15H16BrNO. The van der Waals surface area contributed by atoms with Gasteiger partial charge in [-0.05, 0) is 78.0 Å². The van der Waals surface area contributed by atoms with Crippen LogP contribution < -0.4 is 4.74 Å². The maximum atomic E-state index is 5.92. The number of pyridine rings is 1. The Morgan fingerprint density at radius 3 is 2.50 bits per heavy atom. The lowest BCUT2D eigenvalue weighted by Gasteiger charge is -2.13. The van der Waals surface area contributed by atoms with Gasteiger partial charge in [-0.3, -0.25) is 0 Å². The van der Waals surface area contributed by atoms with Gasteiger partial charge in [0.2, 0.25) is 5.88 Å². The lowest BCUT2D eigenvalue weighted by molar-refractivity contribution is 0.455. The third-order valence-corrected chi connectivity index (χ3v) is 3.99. The summed E-state index contributed by atoms with van der Waals surface area (Å²) in [7, 11) is 0. The van der Waals surface area contributed by atoms with Gasteiger partial charge in [0.1, 0.15) is 5.75 Å². The molecule has 0 saturated carbocycles. The van der Waals surface area contributed by atoms with Crippen molar-refractivity contribution >= 4 is 15.9 Å². The number of halogens is 1.